The number of imide groups is 1. The van der Waals surface area contributed by atoms with E-state index < -0.39 is 11.6 Å². The minimum Gasteiger partial charge on any atom is -0.508 e. The third-order valence-corrected chi connectivity index (χ3v) is 6.16. The number of aromatic nitrogens is 1. The largest absolute Gasteiger partial charge is 0.508 e. The lowest BCUT2D eigenvalue weighted by molar-refractivity contribution is -0.132. The highest BCUT2D eigenvalue weighted by atomic mass is 35.5. The predicted octanol–water partition coefficient (Wildman–Crippen LogP) is 3.83. The van der Waals surface area contributed by atoms with E-state index in [-0.39, 0.29) is 17.7 Å². The fraction of sp³-hybridized carbons (Fsp3) is 0.238. The SMILES string of the molecule is CN1C(=O)N2C(c3cccc(O)c3)c3[nH]c4ccc(Cl)cc4c3CC2(C)C1=O. The number of urea groups is 1. The summed E-state index contributed by atoms with van der Waals surface area (Å²) in [7, 11) is 1.51. The van der Waals surface area contributed by atoms with Crippen molar-refractivity contribution >= 4 is 34.4 Å². The summed E-state index contributed by atoms with van der Waals surface area (Å²) in [6.07, 6.45) is 0.396. The van der Waals surface area contributed by atoms with Crippen LogP contribution in [0.5, 0.6) is 5.75 Å². The van der Waals surface area contributed by atoms with Crippen molar-refractivity contribution in [1.29, 1.82) is 0 Å². The molecule has 2 unspecified atom stereocenters. The first-order valence-electron chi connectivity index (χ1n) is 9.01. The Hall–Kier alpha value is -2.99. The Kier molecular flexibility index (Phi) is 3.37. The van der Waals surface area contributed by atoms with Crippen LogP contribution in [0.1, 0.15) is 29.8 Å². The average molecular weight is 396 g/mol. The molecular weight excluding hydrogens is 378 g/mol. The van der Waals surface area contributed by atoms with Gasteiger partial charge in [0.25, 0.3) is 5.91 Å². The van der Waals surface area contributed by atoms with Gasteiger partial charge in [0.2, 0.25) is 0 Å². The van der Waals surface area contributed by atoms with E-state index in [1.807, 2.05) is 24.3 Å². The molecule has 2 atom stereocenters. The highest BCUT2D eigenvalue weighted by Crippen LogP contribution is 2.48. The molecule has 0 radical (unpaired) electrons. The fourth-order valence-electron chi connectivity index (χ4n) is 4.63. The number of benzene rings is 2. The van der Waals surface area contributed by atoms with Gasteiger partial charge in [0, 0.05) is 35.1 Å². The molecule has 6 nitrogen and oxygen atoms in total. The maximum atomic E-state index is 13.0. The van der Waals surface area contributed by atoms with Crippen LogP contribution in [0.25, 0.3) is 10.9 Å². The van der Waals surface area contributed by atoms with Crippen molar-refractivity contribution in [2.24, 2.45) is 0 Å². The smallest absolute Gasteiger partial charge is 0.328 e. The zero-order valence-electron chi connectivity index (χ0n) is 15.4. The molecule has 1 saturated heterocycles. The molecule has 1 fully saturated rings. The number of amides is 3. The number of phenolic OH excluding ortho intramolecular Hbond substituents is 1. The number of fused-ring (bicyclic) bond motifs is 4. The molecule has 7 heteroatoms. The molecule has 0 spiro atoms. The second kappa shape index (κ2) is 5.52. The van der Waals surface area contributed by atoms with E-state index in [2.05, 4.69) is 4.98 Å². The quantitative estimate of drug-likeness (QED) is 0.615. The lowest BCUT2D eigenvalue weighted by Crippen LogP contribution is -2.53. The van der Waals surface area contributed by atoms with Crippen LogP contribution in [0.4, 0.5) is 4.79 Å². The van der Waals surface area contributed by atoms with Gasteiger partial charge < -0.3 is 10.1 Å². The molecule has 142 valence electrons. The van der Waals surface area contributed by atoms with E-state index >= 15 is 0 Å². The number of phenols is 1. The van der Waals surface area contributed by atoms with E-state index in [4.69, 9.17) is 11.6 Å². The molecule has 1 aromatic heterocycles. The van der Waals surface area contributed by atoms with Crippen molar-refractivity contribution in [1.82, 2.24) is 14.8 Å². The highest BCUT2D eigenvalue weighted by molar-refractivity contribution is 6.31. The van der Waals surface area contributed by atoms with Crippen LogP contribution in [-0.2, 0) is 11.2 Å². The number of nitrogens with zero attached hydrogens (tertiary/aromatic N) is 2. The van der Waals surface area contributed by atoms with Crippen LogP contribution >= 0.6 is 11.6 Å². The Labute approximate surface area is 166 Å². The van der Waals surface area contributed by atoms with Crippen LogP contribution in [0.2, 0.25) is 5.02 Å². The molecular formula is C21H18ClN3O3. The number of aromatic amines is 1. The third-order valence-electron chi connectivity index (χ3n) is 5.93. The lowest BCUT2D eigenvalue weighted by Gasteiger charge is -2.42. The third kappa shape index (κ3) is 2.09. The summed E-state index contributed by atoms with van der Waals surface area (Å²) in [6.45, 7) is 1.80. The number of aromatic hydroxyl groups is 1. The topological polar surface area (TPSA) is 76.6 Å². The first kappa shape index (κ1) is 17.1. The summed E-state index contributed by atoms with van der Waals surface area (Å²) in [4.78, 5) is 32.3. The summed E-state index contributed by atoms with van der Waals surface area (Å²) in [5, 5.41) is 11.6. The molecule has 2 aliphatic heterocycles. The minimum atomic E-state index is -1.01. The minimum absolute atomic E-state index is 0.108. The number of halogens is 1. The number of likely N-dealkylation sites (N-methyl/N-ethyl adjacent to an activating group) is 1. The molecule has 3 aromatic rings. The summed E-state index contributed by atoms with van der Waals surface area (Å²) >= 11 is 6.23. The second-order valence-electron chi connectivity index (χ2n) is 7.67. The van der Waals surface area contributed by atoms with Gasteiger partial charge in [-0.25, -0.2) is 4.79 Å². The van der Waals surface area contributed by atoms with E-state index in [0.717, 1.165) is 27.7 Å². The van der Waals surface area contributed by atoms with Gasteiger partial charge in [-0.2, -0.15) is 0 Å². The van der Waals surface area contributed by atoms with Crippen LogP contribution in [0.15, 0.2) is 42.5 Å². The van der Waals surface area contributed by atoms with Crippen molar-refractivity contribution in [2.45, 2.75) is 24.9 Å². The van der Waals surface area contributed by atoms with Crippen molar-refractivity contribution in [3.63, 3.8) is 0 Å². The number of H-pyrrole nitrogens is 1. The maximum absolute atomic E-state index is 13.0. The van der Waals surface area contributed by atoms with Gasteiger partial charge in [-0.3, -0.25) is 14.6 Å². The van der Waals surface area contributed by atoms with Crippen LogP contribution in [-0.4, -0.2) is 44.4 Å². The van der Waals surface area contributed by atoms with Gasteiger partial charge in [-0.05, 0) is 48.4 Å². The van der Waals surface area contributed by atoms with Crippen molar-refractivity contribution < 1.29 is 14.7 Å². The molecule has 0 saturated carbocycles. The summed E-state index contributed by atoms with van der Waals surface area (Å²) < 4.78 is 0. The van der Waals surface area contributed by atoms with Crippen LogP contribution in [0.3, 0.4) is 0 Å². The number of carbonyl (C=O) groups is 2. The maximum Gasteiger partial charge on any atom is 0.328 e. The number of nitrogens with one attached hydrogen (secondary N) is 1. The molecule has 5 rings (SSSR count). The highest BCUT2D eigenvalue weighted by Gasteiger charge is 2.59. The molecule has 2 aromatic carbocycles. The molecule has 2 aliphatic rings. The molecule has 3 amide bonds. The number of hydrogen-bond acceptors (Lipinski definition) is 3. The van der Waals surface area contributed by atoms with E-state index in [0.29, 0.717) is 11.4 Å². The van der Waals surface area contributed by atoms with Gasteiger partial charge in [0.1, 0.15) is 17.3 Å². The first-order valence-corrected chi connectivity index (χ1v) is 9.39. The summed E-state index contributed by atoms with van der Waals surface area (Å²) in [5.74, 6) is -0.124. The van der Waals surface area contributed by atoms with Crippen molar-refractivity contribution in [3.05, 3.63) is 64.3 Å². The molecule has 2 N–H and O–H groups in total. The lowest BCUT2D eigenvalue weighted by atomic mass is 9.81. The first-order chi connectivity index (χ1) is 13.3. The Balaban J connectivity index is 1.84. The van der Waals surface area contributed by atoms with Crippen molar-refractivity contribution in [3.8, 4) is 5.75 Å². The monoisotopic (exact) mass is 395 g/mol. The summed E-state index contributed by atoms with van der Waals surface area (Å²) in [6, 6.07) is 11.5. The Morgan fingerprint density at radius 2 is 2.00 bits per heavy atom. The standard InChI is InChI=1S/C21H18ClN3O3/c1-21-10-15-14-9-12(22)6-7-16(14)23-17(15)18(11-4-3-5-13(26)8-11)25(21)20(28)24(2)19(21)27/h3-9,18,23,26H,10H2,1-2H3. The van der Waals surface area contributed by atoms with E-state index in [1.165, 1.54) is 11.9 Å². The zero-order valence-corrected chi connectivity index (χ0v) is 16.1. The molecule has 3 heterocycles. The van der Waals surface area contributed by atoms with Crippen molar-refractivity contribution in [2.75, 3.05) is 7.05 Å². The van der Waals surface area contributed by atoms with Gasteiger partial charge in [0.15, 0.2) is 0 Å². The van der Waals surface area contributed by atoms with Crippen LogP contribution < -0.4 is 0 Å². The van der Waals surface area contributed by atoms with E-state index in [9.17, 15) is 14.7 Å². The van der Waals surface area contributed by atoms with Crippen LogP contribution in [0, 0.1) is 0 Å². The average Bonchev–Trinajstić information content (AvgIpc) is 3.09. The van der Waals surface area contributed by atoms with Gasteiger partial charge in [-0.15, -0.1) is 0 Å². The molecule has 0 bridgehead atoms. The fourth-order valence-corrected chi connectivity index (χ4v) is 4.80. The van der Waals surface area contributed by atoms with Gasteiger partial charge in [0.05, 0.1) is 0 Å². The van der Waals surface area contributed by atoms with Gasteiger partial charge in [-0.1, -0.05) is 23.7 Å². The molecule has 0 aliphatic carbocycles. The van der Waals surface area contributed by atoms with E-state index in [1.54, 1.807) is 30.0 Å². The molecule has 28 heavy (non-hydrogen) atoms. The summed E-state index contributed by atoms with van der Waals surface area (Å²) in [5.41, 5.74) is 2.45. The number of rotatable bonds is 1. The Bertz CT molecular complexity index is 1170. The Morgan fingerprint density at radius 1 is 1.21 bits per heavy atom. The number of hydrogen-bond donors (Lipinski definition) is 2. The predicted molar refractivity (Wildman–Crippen MR) is 105 cm³/mol. The normalized spacial score (nSPS) is 24.0. The zero-order chi connectivity index (χ0) is 19.8. The van der Waals surface area contributed by atoms with Gasteiger partial charge >= 0.3 is 6.03 Å². The Morgan fingerprint density at radius 3 is 2.75 bits per heavy atom. The second-order valence-corrected chi connectivity index (χ2v) is 8.11. The number of carbonyl (C=O) groups excluding carboxylic acids is 2.